The molecule has 0 saturated carbocycles. The highest BCUT2D eigenvalue weighted by Crippen LogP contribution is 2.28. The normalized spacial score (nSPS) is 18.9. The summed E-state index contributed by atoms with van der Waals surface area (Å²) in [4.78, 5) is 29.1. The molecular weight excluding hydrogens is 318 g/mol. The van der Waals surface area contributed by atoms with Crippen LogP contribution in [-0.4, -0.2) is 23.1 Å². The minimum absolute atomic E-state index is 0.144. The van der Waals surface area contributed by atoms with Gasteiger partial charge in [0.15, 0.2) is 0 Å². The zero-order valence-electron chi connectivity index (χ0n) is 14.1. The average molecular weight is 337 g/mol. The van der Waals surface area contributed by atoms with Gasteiger partial charge in [-0.3, -0.25) is 9.59 Å². The van der Waals surface area contributed by atoms with Gasteiger partial charge in [0.25, 0.3) is 5.91 Å². The number of hydrogen-bond donors (Lipinski definition) is 2. The Hall–Kier alpha value is -3.15. The van der Waals surface area contributed by atoms with Crippen molar-refractivity contribution in [2.24, 2.45) is 5.16 Å². The molecule has 0 bridgehead atoms. The van der Waals surface area contributed by atoms with Gasteiger partial charge < -0.3 is 15.5 Å². The minimum Gasteiger partial charge on any atom is -0.379 e. The molecule has 0 aromatic heterocycles. The van der Waals surface area contributed by atoms with Crippen molar-refractivity contribution in [1.82, 2.24) is 0 Å². The fourth-order valence-electron chi connectivity index (χ4n) is 2.55. The number of carbonyl (C=O) groups is 2. The fourth-order valence-corrected chi connectivity index (χ4v) is 2.55. The molecule has 1 aliphatic rings. The predicted octanol–water partition coefficient (Wildman–Crippen LogP) is 3.17. The third-order valence-corrected chi connectivity index (χ3v) is 3.91. The van der Waals surface area contributed by atoms with Gasteiger partial charge in [0.1, 0.15) is 0 Å². The Morgan fingerprint density at radius 1 is 1.00 bits per heavy atom. The number of nitrogens with zero attached hydrogens (tertiary/aromatic N) is 1. The molecular formula is C19H19N3O3. The first-order valence-electron chi connectivity index (χ1n) is 7.96. The van der Waals surface area contributed by atoms with Crippen molar-refractivity contribution >= 4 is 28.9 Å². The molecule has 2 amide bonds. The number of rotatable bonds is 4. The van der Waals surface area contributed by atoms with Gasteiger partial charge in [0, 0.05) is 24.7 Å². The Morgan fingerprint density at radius 3 is 2.20 bits per heavy atom. The van der Waals surface area contributed by atoms with Gasteiger partial charge >= 0.3 is 0 Å². The number of carbonyl (C=O) groups excluding carboxylic acids is 2. The summed E-state index contributed by atoms with van der Waals surface area (Å²) in [5, 5.41) is 9.58. The highest BCUT2D eigenvalue weighted by Gasteiger charge is 2.42. The molecule has 0 aliphatic carbocycles. The molecule has 6 nitrogen and oxygen atoms in total. The Kier molecular flexibility index (Phi) is 4.52. The van der Waals surface area contributed by atoms with Crippen LogP contribution in [0.25, 0.3) is 0 Å². The molecule has 1 aliphatic heterocycles. The van der Waals surface area contributed by atoms with Crippen LogP contribution in [-0.2, 0) is 14.4 Å². The van der Waals surface area contributed by atoms with Gasteiger partial charge in [0.2, 0.25) is 11.5 Å². The van der Waals surface area contributed by atoms with Crippen molar-refractivity contribution in [3.8, 4) is 0 Å². The number of amides is 2. The number of hydrogen-bond acceptors (Lipinski definition) is 4. The van der Waals surface area contributed by atoms with E-state index < -0.39 is 5.60 Å². The van der Waals surface area contributed by atoms with E-state index in [0.717, 1.165) is 11.3 Å². The quantitative estimate of drug-likeness (QED) is 0.899. The first-order chi connectivity index (χ1) is 12.0. The van der Waals surface area contributed by atoms with Crippen LogP contribution >= 0.6 is 0 Å². The summed E-state index contributed by atoms with van der Waals surface area (Å²) in [6, 6.07) is 16.5. The molecule has 0 radical (unpaired) electrons. The van der Waals surface area contributed by atoms with E-state index in [0.29, 0.717) is 17.8 Å². The second-order valence-corrected chi connectivity index (χ2v) is 6.12. The van der Waals surface area contributed by atoms with E-state index in [2.05, 4.69) is 15.8 Å². The summed E-state index contributed by atoms with van der Waals surface area (Å²) in [6.07, 6.45) is 0.396. The molecule has 1 heterocycles. The third-order valence-electron chi connectivity index (χ3n) is 3.91. The number of oxime groups is 1. The van der Waals surface area contributed by atoms with Crippen LogP contribution in [0.5, 0.6) is 0 Å². The van der Waals surface area contributed by atoms with Crippen molar-refractivity contribution in [3.63, 3.8) is 0 Å². The Bertz CT molecular complexity index is 816. The standard InChI is InChI=1S/C19H19N3O3/c1-13(23)20-15-8-10-16(11-9-15)21-18(24)19(2)12-17(22-25-19)14-6-4-3-5-7-14/h3-11H,12H2,1-2H3,(H,20,23)(H,21,24). The van der Waals surface area contributed by atoms with Gasteiger partial charge in [-0.15, -0.1) is 0 Å². The summed E-state index contributed by atoms with van der Waals surface area (Å²) in [6.45, 7) is 3.16. The van der Waals surface area contributed by atoms with E-state index in [-0.39, 0.29) is 11.8 Å². The lowest BCUT2D eigenvalue weighted by atomic mass is 9.95. The summed E-state index contributed by atoms with van der Waals surface area (Å²) >= 11 is 0. The predicted molar refractivity (Wildman–Crippen MR) is 96.5 cm³/mol. The molecule has 25 heavy (non-hydrogen) atoms. The van der Waals surface area contributed by atoms with Crippen LogP contribution in [0.2, 0.25) is 0 Å². The molecule has 128 valence electrons. The minimum atomic E-state index is -1.05. The third kappa shape index (κ3) is 3.85. The van der Waals surface area contributed by atoms with Crippen LogP contribution in [0, 0.1) is 0 Å². The average Bonchev–Trinajstić information content (AvgIpc) is 3.01. The van der Waals surface area contributed by atoms with Gasteiger partial charge in [-0.25, -0.2) is 0 Å². The maximum atomic E-state index is 12.6. The Morgan fingerprint density at radius 2 is 1.60 bits per heavy atom. The summed E-state index contributed by atoms with van der Waals surface area (Å²) in [5.41, 5.74) is 1.93. The topological polar surface area (TPSA) is 79.8 Å². The maximum Gasteiger partial charge on any atom is 0.271 e. The van der Waals surface area contributed by atoms with Crippen LogP contribution in [0.15, 0.2) is 59.8 Å². The molecule has 1 unspecified atom stereocenters. The van der Waals surface area contributed by atoms with Crippen molar-refractivity contribution in [2.75, 3.05) is 10.6 Å². The van der Waals surface area contributed by atoms with E-state index in [1.165, 1.54) is 6.92 Å². The summed E-state index contributed by atoms with van der Waals surface area (Å²) in [7, 11) is 0. The SMILES string of the molecule is CC(=O)Nc1ccc(NC(=O)C2(C)CC(c3ccccc3)=NO2)cc1. The van der Waals surface area contributed by atoms with Crippen molar-refractivity contribution < 1.29 is 14.4 Å². The second-order valence-electron chi connectivity index (χ2n) is 6.12. The molecule has 3 rings (SSSR count). The van der Waals surface area contributed by atoms with Gasteiger partial charge in [0.05, 0.1) is 5.71 Å². The van der Waals surface area contributed by atoms with Gasteiger partial charge in [-0.2, -0.15) is 0 Å². The lowest BCUT2D eigenvalue weighted by Crippen LogP contribution is -2.40. The molecule has 0 spiro atoms. The largest absolute Gasteiger partial charge is 0.379 e. The van der Waals surface area contributed by atoms with Crippen LogP contribution in [0.3, 0.4) is 0 Å². The maximum absolute atomic E-state index is 12.6. The number of anilines is 2. The van der Waals surface area contributed by atoms with Crippen molar-refractivity contribution in [3.05, 3.63) is 60.2 Å². The number of benzene rings is 2. The molecule has 0 saturated heterocycles. The highest BCUT2D eigenvalue weighted by atomic mass is 16.7. The first kappa shape index (κ1) is 16.7. The monoisotopic (exact) mass is 337 g/mol. The van der Waals surface area contributed by atoms with Crippen molar-refractivity contribution in [1.29, 1.82) is 0 Å². The lowest BCUT2D eigenvalue weighted by molar-refractivity contribution is -0.135. The van der Waals surface area contributed by atoms with Crippen LogP contribution in [0.4, 0.5) is 11.4 Å². The summed E-state index contributed by atoms with van der Waals surface area (Å²) in [5.74, 6) is -0.413. The molecule has 2 aromatic carbocycles. The zero-order chi connectivity index (χ0) is 17.9. The van der Waals surface area contributed by atoms with Crippen LogP contribution in [0.1, 0.15) is 25.8 Å². The van der Waals surface area contributed by atoms with E-state index in [4.69, 9.17) is 4.84 Å². The van der Waals surface area contributed by atoms with E-state index in [9.17, 15) is 9.59 Å². The van der Waals surface area contributed by atoms with Crippen molar-refractivity contribution in [2.45, 2.75) is 25.9 Å². The second kappa shape index (κ2) is 6.76. The zero-order valence-corrected chi connectivity index (χ0v) is 14.1. The molecule has 2 N–H and O–H groups in total. The molecule has 1 atom stereocenters. The highest BCUT2D eigenvalue weighted by molar-refractivity contribution is 6.07. The first-order valence-corrected chi connectivity index (χ1v) is 7.96. The summed E-state index contributed by atoms with van der Waals surface area (Å²) < 4.78 is 0. The molecule has 0 fully saturated rings. The Labute approximate surface area is 145 Å². The van der Waals surface area contributed by atoms with E-state index in [1.807, 2.05) is 30.3 Å². The smallest absolute Gasteiger partial charge is 0.271 e. The number of nitrogens with one attached hydrogen (secondary N) is 2. The van der Waals surface area contributed by atoms with E-state index >= 15 is 0 Å². The van der Waals surface area contributed by atoms with Gasteiger partial charge in [-0.05, 0) is 36.8 Å². The lowest BCUT2D eigenvalue weighted by Gasteiger charge is -2.20. The molecule has 2 aromatic rings. The van der Waals surface area contributed by atoms with E-state index in [1.54, 1.807) is 31.2 Å². The fraction of sp³-hybridized carbons (Fsp3) is 0.211. The Balaban J connectivity index is 1.64. The van der Waals surface area contributed by atoms with Gasteiger partial charge in [-0.1, -0.05) is 35.5 Å². The van der Waals surface area contributed by atoms with Crippen LogP contribution < -0.4 is 10.6 Å². The molecule has 6 heteroatoms.